The molecule has 2 amide bonds. The number of hydrogen-bond acceptors (Lipinski definition) is 6. The molecule has 15 heavy (non-hydrogen) atoms. The SMILES string of the molecule is O=C(OO)OCCCN1C(=O)C=CC1=O. The van der Waals surface area contributed by atoms with Crippen LogP contribution < -0.4 is 0 Å². The molecule has 0 atom stereocenters. The van der Waals surface area contributed by atoms with Crippen LogP contribution in [0, 0.1) is 0 Å². The van der Waals surface area contributed by atoms with E-state index < -0.39 is 6.16 Å². The standard InChI is InChI=1S/C8H9NO6/c10-6-2-3-7(11)9(6)4-1-5-14-8(12)15-13/h2-3,13H,1,4-5H2. The number of imide groups is 1. The van der Waals surface area contributed by atoms with Crippen LogP contribution in [0.5, 0.6) is 0 Å². The molecule has 0 spiro atoms. The molecule has 0 aromatic rings. The van der Waals surface area contributed by atoms with Crippen molar-refractivity contribution in [3.05, 3.63) is 12.2 Å². The van der Waals surface area contributed by atoms with E-state index in [-0.39, 0.29) is 31.4 Å². The molecule has 1 heterocycles. The summed E-state index contributed by atoms with van der Waals surface area (Å²) in [5.41, 5.74) is 0. The van der Waals surface area contributed by atoms with E-state index in [0.29, 0.717) is 0 Å². The van der Waals surface area contributed by atoms with Gasteiger partial charge in [-0.25, -0.2) is 4.79 Å². The maximum atomic E-state index is 11.0. The second-order valence-corrected chi connectivity index (χ2v) is 2.70. The van der Waals surface area contributed by atoms with Crippen LogP contribution >= 0.6 is 0 Å². The van der Waals surface area contributed by atoms with E-state index in [1.54, 1.807) is 0 Å². The van der Waals surface area contributed by atoms with Gasteiger partial charge in [0.15, 0.2) is 0 Å². The van der Waals surface area contributed by atoms with Gasteiger partial charge in [0.1, 0.15) is 0 Å². The average Bonchev–Trinajstić information content (AvgIpc) is 2.54. The minimum atomic E-state index is -1.22. The van der Waals surface area contributed by atoms with Crippen LogP contribution in [0.2, 0.25) is 0 Å². The summed E-state index contributed by atoms with van der Waals surface area (Å²) in [7, 11) is 0. The Labute approximate surface area is 84.8 Å². The quantitative estimate of drug-likeness (QED) is 0.232. The summed E-state index contributed by atoms with van der Waals surface area (Å²) in [6.45, 7) is 0.111. The average molecular weight is 215 g/mol. The lowest BCUT2D eigenvalue weighted by atomic mass is 10.4. The molecule has 7 heteroatoms. The van der Waals surface area contributed by atoms with Crippen LogP contribution in [0.25, 0.3) is 0 Å². The van der Waals surface area contributed by atoms with Gasteiger partial charge in [0.25, 0.3) is 11.8 Å². The summed E-state index contributed by atoms with van der Waals surface area (Å²) in [4.78, 5) is 36.6. The summed E-state index contributed by atoms with van der Waals surface area (Å²) >= 11 is 0. The third-order valence-electron chi connectivity index (χ3n) is 1.72. The fourth-order valence-electron chi connectivity index (χ4n) is 1.06. The highest BCUT2D eigenvalue weighted by Crippen LogP contribution is 2.04. The molecular formula is C8H9NO6. The lowest BCUT2D eigenvalue weighted by molar-refractivity contribution is -0.200. The Bertz CT molecular complexity index is 292. The van der Waals surface area contributed by atoms with Gasteiger partial charge in [-0.3, -0.25) is 19.4 Å². The number of ether oxygens (including phenoxy) is 1. The van der Waals surface area contributed by atoms with Crippen LogP contribution in [0.3, 0.4) is 0 Å². The Morgan fingerprint density at radius 3 is 2.47 bits per heavy atom. The smallest absolute Gasteiger partial charge is 0.432 e. The highest BCUT2D eigenvalue weighted by Gasteiger charge is 2.22. The highest BCUT2D eigenvalue weighted by atomic mass is 17.1. The molecule has 0 saturated carbocycles. The van der Waals surface area contributed by atoms with Crippen molar-refractivity contribution < 1.29 is 29.3 Å². The fourth-order valence-corrected chi connectivity index (χ4v) is 1.06. The van der Waals surface area contributed by atoms with Crippen molar-refractivity contribution in [2.75, 3.05) is 13.2 Å². The van der Waals surface area contributed by atoms with E-state index >= 15 is 0 Å². The Hall–Kier alpha value is -1.89. The number of hydrogen-bond donors (Lipinski definition) is 1. The van der Waals surface area contributed by atoms with Crippen LogP contribution in [-0.4, -0.2) is 41.3 Å². The van der Waals surface area contributed by atoms with Gasteiger partial charge in [-0.1, -0.05) is 0 Å². The molecule has 1 N–H and O–H groups in total. The summed E-state index contributed by atoms with van der Waals surface area (Å²) in [5.74, 6) is -0.769. The van der Waals surface area contributed by atoms with Crippen molar-refractivity contribution in [3.63, 3.8) is 0 Å². The Kier molecular flexibility index (Phi) is 3.81. The minimum absolute atomic E-state index is 0.0452. The number of rotatable bonds is 4. The molecule has 1 aliphatic heterocycles. The van der Waals surface area contributed by atoms with E-state index in [9.17, 15) is 14.4 Å². The van der Waals surface area contributed by atoms with Crippen molar-refractivity contribution >= 4 is 18.0 Å². The number of carbonyl (C=O) groups is 3. The van der Waals surface area contributed by atoms with Crippen LogP contribution in [0.1, 0.15) is 6.42 Å². The zero-order valence-electron chi connectivity index (χ0n) is 7.71. The molecule has 0 aliphatic carbocycles. The van der Waals surface area contributed by atoms with Gasteiger partial charge >= 0.3 is 6.16 Å². The second kappa shape index (κ2) is 5.11. The van der Waals surface area contributed by atoms with Crippen molar-refractivity contribution in [2.24, 2.45) is 0 Å². The first-order chi connectivity index (χ1) is 7.15. The predicted octanol–water partition coefficient (Wildman–Crippen LogP) is -0.0723. The van der Waals surface area contributed by atoms with Crippen molar-refractivity contribution in [1.82, 2.24) is 4.90 Å². The number of carbonyl (C=O) groups excluding carboxylic acids is 3. The molecule has 0 aromatic heterocycles. The molecule has 7 nitrogen and oxygen atoms in total. The second-order valence-electron chi connectivity index (χ2n) is 2.70. The zero-order chi connectivity index (χ0) is 11.3. The monoisotopic (exact) mass is 215 g/mol. The maximum absolute atomic E-state index is 11.0. The Morgan fingerprint density at radius 1 is 1.33 bits per heavy atom. The number of amides is 2. The van der Waals surface area contributed by atoms with E-state index in [1.165, 1.54) is 12.2 Å². The molecule has 82 valence electrons. The van der Waals surface area contributed by atoms with E-state index in [2.05, 4.69) is 9.62 Å². The largest absolute Gasteiger partial charge is 0.540 e. The molecule has 0 bridgehead atoms. The van der Waals surface area contributed by atoms with Gasteiger partial charge in [0.2, 0.25) is 0 Å². The van der Waals surface area contributed by atoms with Crippen LogP contribution in [0.15, 0.2) is 12.2 Å². The lowest BCUT2D eigenvalue weighted by Gasteiger charge is -2.12. The molecule has 0 radical (unpaired) electrons. The van der Waals surface area contributed by atoms with Gasteiger partial charge in [-0.2, -0.15) is 5.26 Å². The van der Waals surface area contributed by atoms with E-state index in [4.69, 9.17) is 5.26 Å². The van der Waals surface area contributed by atoms with Crippen molar-refractivity contribution in [3.8, 4) is 0 Å². The third kappa shape index (κ3) is 3.06. The summed E-state index contributed by atoms with van der Waals surface area (Å²) < 4.78 is 4.34. The van der Waals surface area contributed by atoms with Gasteiger partial charge in [-0.05, 0) is 6.42 Å². The van der Waals surface area contributed by atoms with Gasteiger partial charge in [0, 0.05) is 18.7 Å². The van der Waals surface area contributed by atoms with Crippen LogP contribution in [0.4, 0.5) is 4.79 Å². The maximum Gasteiger partial charge on any atom is 0.540 e. The molecule has 0 fully saturated rings. The first-order valence-corrected chi connectivity index (χ1v) is 4.17. The van der Waals surface area contributed by atoms with Crippen molar-refractivity contribution in [2.45, 2.75) is 6.42 Å². The molecule has 1 rings (SSSR count). The zero-order valence-corrected chi connectivity index (χ0v) is 7.71. The summed E-state index contributed by atoms with van der Waals surface area (Å²) in [6.07, 6.45) is 1.41. The van der Waals surface area contributed by atoms with Gasteiger partial charge in [0.05, 0.1) is 6.61 Å². The predicted molar refractivity (Wildman–Crippen MR) is 45.5 cm³/mol. The Balaban J connectivity index is 2.18. The van der Waals surface area contributed by atoms with E-state index in [1.807, 2.05) is 0 Å². The molecule has 0 saturated heterocycles. The van der Waals surface area contributed by atoms with Crippen molar-refractivity contribution in [1.29, 1.82) is 0 Å². The molecule has 0 aromatic carbocycles. The van der Waals surface area contributed by atoms with Gasteiger partial charge < -0.3 is 4.74 Å². The lowest BCUT2D eigenvalue weighted by Crippen LogP contribution is -2.31. The Morgan fingerprint density at radius 2 is 1.93 bits per heavy atom. The molecular weight excluding hydrogens is 206 g/mol. The summed E-state index contributed by atoms with van der Waals surface area (Å²) in [5, 5.41) is 7.83. The molecule has 0 unspecified atom stereocenters. The highest BCUT2D eigenvalue weighted by molar-refractivity contribution is 6.12. The third-order valence-corrected chi connectivity index (χ3v) is 1.72. The minimum Gasteiger partial charge on any atom is -0.432 e. The molecule has 1 aliphatic rings. The first kappa shape index (κ1) is 11.2. The topological polar surface area (TPSA) is 93.1 Å². The first-order valence-electron chi connectivity index (χ1n) is 4.17. The summed E-state index contributed by atoms with van der Waals surface area (Å²) in [6, 6.07) is 0. The van der Waals surface area contributed by atoms with E-state index in [0.717, 1.165) is 4.90 Å². The normalized spacial score (nSPS) is 14.6. The fraction of sp³-hybridized carbons (Fsp3) is 0.375. The van der Waals surface area contributed by atoms with Gasteiger partial charge in [-0.15, -0.1) is 0 Å². The number of nitrogens with zero attached hydrogens (tertiary/aromatic N) is 1. The van der Waals surface area contributed by atoms with Crippen LogP contribution in [-0.2, 0) is 19.2 Å².